The second-order valence-corrected chi connectivity index (χ2v) is 7.29. The zero-order valence-corrected chi connectivity index (χ0v) is 15.3. The van der Waals surface area contributed by atoms with Crippen molar-refractivity contribution in [2.45, 2.75) is 64.6 Å². The van der Waals surface area contributed by atoms with Gasteiger partial charge in [-0.2, -0.15) is 0 Å². The summed E-state index contributed by atoms with van der Waals surface area (Å²) in [4.78, 5) is 28.3. The lowest BCUT2D eigenvalue weighted by atomic mass is 9.85. The lowest BCUT2D eigenvalue weighted by molar-refractivity contribution is -0.122. The smallest absolute Gasteiger partial charge is 0.243 e. The van der Waals surface area contributed by atoms with Crippen LogP contribution in [0.4, 0.5) is 5.95 Å². The molecule has 2 aliphatic rings. The molecule has 0 aromatic carbocycles. The predicted molar refractivity (Wildman–Crippen MR) is 96.5 cm³/mol. The molecule has 3 atom stereocenters. The van der Waals surface area contributed by atoms with Gasteiger partial charge in [-0.1, -0.05) is 12.8 Å². The van der Waals surface area contributed by atoms with Gasteiger partial charge >= 0.3 is 0 Å². The van der Waals surface area contributed by atoms with Gasteiger partial charge in [-0.3, -0.25) is 4.79 Å². The highest BCUT2D eigenvalue weighted by molar-refractivity contribution is 5.85. The van der Waals surface area contributed by atoms with Crippen LogP contribution in [0.5, 0.6) is 0 Å². The molecule has 7 nitrogen and oxygen atoms in total. The summed E-state index contributed by atoms with van der Waals surface area (Å²) in [6.07, 6.45) is 9.07. The van der Waals surface area contributed by atoms with E-state index in [-0.39, 0.29) is 11.9 Å². The summed E-state index contributed by atoms with van der Waals surface area (Å²) in [5, 5.41) is 3.00. The minimum atomic E-state index is -0.234. The number of hydrogen-bond donors (Lipinski definition) is 1. The number of carbonyl (C=O) groups excluding carboxylic acids is 1. The zero-order chi connectivity index (χ0) is 18.1. The Morgan fingerprint density at radius 2 is 2.04 bits per heavy atom. The Balaban J connectivity index is 1.51. The quantitative estimate of drug-likeness (QED) is 0.907. The highest BCUT2D eigenvalue weighted by Gasteiger charge is 2.46. The molecule has 4 rings (SSSR count). The lowest BCUT2D eigenvalue weighted by Gasteiger charge is -2.33. The van der Waals surface area contributed by atoms with Crippen LogP contribution in [-0.4, -0.2) is 32.9 Å². The number of carbonyl (C=O) groups is 1. The summed E-state index contributed by atoms with van der Waals surface area (Å²) >= 11 is 0. The van der Waals surface area contributed by atoms with E-state index in [9.17, 15) is 4.79 Å². The monoisotopic (exact) mass is 355 g/mol. The summed E-state index contributed by atoms with van der Waals surface area (Å²) in [7, 11) is 0. The van der Waals surface area contributed by atoms with Crippen molar-refractivity contribution in [2.75, 3.05) is 4.90 Å². The first-order chi connectivity index (χ1) is 12.6. The van der Waals surface area contributed by atoms with Crippen molar-refractivity contribution in [1.82, 2.24) is 20.3 Å². The second kappa shape index (κ2) is 7.05. The average molecular weight is 355 g/mol. The van der Waals surface area contributed by atoms with E-state index < -0.39 is 0 Å². The van der Waals surface area contributed by atoms with Gasteiger partial charge in [0.05, 0.1) is 12.2 Å². The van der Waals surface area contributed by atoms with Crippen LogP contribution in [0.1, 0.15) is 49.4 Å². The molecule has 1 saturated heterocycles. The molecular formula is C19H25N5O2. The third-order valence-corrected chi connectivity index (χ3v) is 5.66. The van der Waals surface area contributed by atoms with E-state index in [1.54, 1.807) is 18.5 Å². The number of rotatable bonds is 4. The maximum atomic E-state index is 13.0. The summed E-state index contributed by atoms with van der Waals surface area (Å²) in [5.74, 6) is 2.53. The molecule has 26 heavy (non-hydrogen) atoms. The van der Waals surface area contributed by atoms with Crippen LogP contribution >= 0.6 is 0 Å². The molecule has 1 aliphatic carbocycles. The van der Waals surface area contributed by atoms with E-state index in [1.165, 1.54) is 19.3 Å². The summed E-state index contributed by atoms with van der Waals surface area (Å²) < 4.78 is 5.57. The summed E-state index contributed by atoms with van der Waals surface area (Å²) in [6.45, 7) is 4.09. The van der Waals surface area contributed by atoms with Crippen LogP contribution in [0.25, 0.3) is 0 Å². The van der Waals surface area contributed by atoms with Gasteiger partial charge in [-0.05, 0) is 45.1 Å². The summed E-state index contributed by atoms with van der Waals surface area (Å²) in [6, 6.07) is 1.93. The van der Waals surface area contributed by atoms with Crippen LogP contribution in [0.2, 0.25) is 0 Å². The van der Waals surface area contributed by atoms with E-state index in [0.717, 1.165) is 24.3 Å². The second-order valence-electron chi connectivity index (χ2n) is 7.29. The molecule has 1 amide bonds. The van der Waals surface area contributed by atoms with Gasteiger partial charge in [-0.15, -0.1) is 0 Å². The number of nitrogens with zero attached hydrogens (tertiary/aromatic N) is 4. The van der Waals surface area contributed by atoms with Crippen molar-refractivity contribution in [3.05, 3.63) is 35.8 Å². The maximum Gasteiger partial charge on any atom is 0.243 e. The Morgan fingerprint density at radius 3 is 2.77 bits per heavy atom. The van der Waals surface area contributed by atoms with Crippen molar-refractivity contribution in [3.8, 4) is 0 Å². The number of amides is 1. The zero-order valence-electron chi connectivity index (χ0n) is 15.3. The normalized spacial score (nSPS) is 25.2. The highest BCUT2D eigenvalue weighted by atomic mass is 16.4. The fraction of sp³-hybridized carbons (Fsp3) is 0.579. The molecule has 3 heterocycles. The van der Waals surface area contributed by atoms with Crippen LogP contribution in [0.3, 0.4) is 0 Å². The van der Waals surface area contributed by atoms with Gasteiger partial charge in [0.2, 0.25) is 17.7 Å². The van der Waals surface area contributed by atoms with Crippen LogP contribution in [-0.2, 0) is 11.3 Å². The number of fused-ring (bicyclic) bond motifs is 1. The minimum absolute atomic E-state index is 0.000333. The Hall–Kier alpha value is -2.44. The van der Waals surface area contributed by atoms with Crippen molar-refractivity contribution in [3.63, 3.8) is 0 Å². The number of oxazole rings is 1. The predicted octanol–water partition coefficient (Wildman–Crippen LogP) is 2.54. The topological polar surface area (TPSA) is 84.2 Å². The SMILES string of the molecule is Cc1nc(CNC(=O)[C@@H]2C[C@H]3CCCC[C@@H]3N2c2ncccn2)oc1C. The molecule has 0 bridgehead atoms. The Morgan fingerprint density at radius 1 is 1.27 bits per heavy atom. The van der Waals surface area contributed by atoms with Gasteiger partial charge in [0, 0.05) is 18.4 Å². The Labute approximate surface area is 153 Å². The molecule has 1 aliphatic heterocycles. The van der Waals surface area contributed by atoms with E-state index in [1.807, 2.05) is 13.8 Å². The van der Waals surface area contributed by atoms with Crippen molar-refractivity contribution in [1.29, 1.82) is 0 Å². The van der Waals surface area contributed by atoms with Gasteiger partial charge in [0.1, 0.15) is 11.8 Å². The van der Waals surface area contributed by atoms with E-state index in [0.29, 0.717) is 30.3 Å². The molecule has 2 aromatic heterocycles. The van der Waals surface area contributed by atoms with Crippen molar-refractivity contribution >= 4 is 11.9 Å². The lowest BCUT2D eigenvalue weighted by Crippen LogP contribution is -2.47. The fourth-order valence-electron chi connectivity index (χ4n) is 4.30. The van der Waals surface area contributed by atoms with Gasteiger partial charge < -0.3 is 14.6 Å². The Kier molecular flexibility index (Phi) is 4.61. The molecular weight excluding hydrogens is 330 g/mol. The van der Waals surface area contributed by atoms with E-state index in [4.69, 9.17) is 4.42 Å². The van der Waals surface area contributed by atoms with E-state index >= 15 is 0 Å². The van der Waals surface area contributed by atoms with Crippen LogP contribution in [0, 0.1) is 19.8 Å². The largest absolute Gasteiger partial charge is 0.444 e. The minimum Gasteiger partial charge on any atom is -0.444 e. The number of hydrogen-bond acceptors (Lipinski definition) is 6. The van der Waals surface area contributed by atoms with Crippen LogP contribution in [0.15, 0.2) is 22.9 Å². The third-order valence-electron chi connectivity index (χ3n) is 5.66. The number of aryl methyl sites for hydroxylation is 2. The molecule has 138 valence electrons. The Bertz CT molecular complexity index is 756. The molecule has 2 aromatic rings. The van der Waals surface area contributed by atoms with Crippen molar-refractivity contribution in [2.24, 2.45) is 5.92 Å². The first-order valence-electron chi connectivity index (χ1n) is 9.39. The molecule has 1 saturated carbocycles. The molecule has 0 radical (unpaired) electrons. The first-order valence-corrected chi connectivity index (χ1v) is 9.39. The molecule has 7 heteroatoms. The maximum absolute atomic E-state index is 13.0. The first kappa shape index (κ1) is 17.0. The van der Waals surface area contributed by atoms with Gasteiger partial charge in [0.15, 0.2) is 0 Å². The molecule has 1 N–H and O–H groups in total. The molecule has 0 spiro atoms. The number of nitrogens with one attached hydrogen (secondary N) is 1. The fourth-order valence-corrected chi connectivity index (χ4v) is 4.30. The highest BCUT2D eigenvalue weighted by Crippen LogP contribution is 2.41. The van der Waals surface area contributed by atoms with E-state index in [2.05, 4.69) is 25.2 Å². The standard InChI is InChI=1S/C19H25N5O2/c1-12-13(2)26-17(23-12)11-22-18(25)16-10-14-6-3-4-7-15(14)24(16)19-20-8-5-9-21-19/h5,8-9,14-16H,3-4,6-7,10-11H2,1-2H3,(H,22,25)/t14-,15+,16+/m1/s1. The summed E-state index contributed by atoms with van der Waals surface area (Å²) in [5.41, 5.74) is 0.862. The molecule has 2 fully saturated rings. The average Bonchev–Trinajstić information content (AvgIpc) is 3.20. The van der Waals surface area contributed by atoms with Crippen LogP contribution < -0.4 is 10.2 Å². The molecule has 0 unspecified atom stereocenters. The van der Waals surface area contributed by atoms with Gasteiger partial charge in [0.25, 0.3) is 0 Å². The number of anilines is 1. The van der Waals surface area contributed by atoms with Crippen molar-refractivity contribution < 1.29 is 9.21 Å². The third kappa shape index (κ3) is 3.18. The number of aromatic nitrogens is 3. The van der Waals surface area contributed by atoms with Gasteiger partial charge in [-0.25, -0.2) is 15.0 Å².